The molecule has 1 atom stereocenters. The highest BCUT2D eigenvalue weighted by Gasteiger charge is 2.23. The van der Waals surface area contributed by atoms with Crippen LogP contribution in [0.5, 0.6) is 0 Å². The van der Waals surface area contributed by atoms with E-state index in [-0.39, 0.29) is 24.6 Å². The Balaban J connectivity index is 2.45. The van der Waals surface area contributed by atoms with Gasteiger partial charge in [-0.1, -0.05) is 6.92 Å². The molecule has 1 saturated heterocycles. The molecular weight excluding hydrogens is 260 g/mol. The summed E-state index contributed by atoms with van der Waals surface area (Å²) in [5.74, 6) is -1.57. The molecule has 1 rings (SSSR count). The van der Waals surface area contributed by atoms with Crippen molar-refractivity contribution in [2.45, 2.75) is 13.3 Å². The number of urea groups is 1. The van der Waals surface area contributed by atoms with Crippen molar-refractivity contribution in [3.05, 3.63) is 0 Å². The van der Waals surface area contributed by atoms with Crippen LogP contribution in [0.3, 0.4) is 0 Å². The van der Waals surface area contributed by atoms with Gasteiger partial charge in [0.05, 0.1) is 17.4 Å². The molecule has 1 heterocycles. The van der Waals surface area contributed by atoms with Crippen LogP contribution in [0.4, 0.5) is 4.79 Å². The molecule has 104 valence electrons. The molecule has 0 radical (unpaired) electrons. The Kier molecular flexibility index (Phi) is 4.94. The number of sulfone groups is 1. The van der Waals surface area contributed by atoms with E-state index < -0.39 is 27.8 Å². The van der Waals surface area contributed by atoms with E-state index in [1.165, 1.54) is 11.8 Å². The van der Waals surface area contributed by atoms with Crippen LogP contribution < -0.4 is 5.32 Å². The largest absolute Gasteiger partial charge is 0.481 e. The highest BCUT2D eigenvalue weighted by Crippen LogP contribution is 2.05. The van der Waals surface area contributed by atoms with Crippen molar-refractivity contribution in [3.63, 3.8) is 0 Å². The highest BCUT2D eigenvalue weighted by atomic mass is 32.2. The zero-order chi connectivity index (χ0) is 13.8. The Labute approximate surface area is 106 Å². The van der Waals surface area contributed by atoms with Crippen molar-refractivity contribution in [2.75, 3.05) is 31.1 Å². The monoisotopic (exact) mass is 278 g/mol. The van der Waals surface area contributed by atoms with Crippen LogP contribution in [0.15, 0.2) is 0 Å². The van der Waals surface area contributed by atoms with Crippen molar-refractivity contribution in [2.24, 2.45) is 5.92 Å². The minimum absolute atomic E-state index is 0.0328. The second-order valence-electron chi connectivity index (χ2n) is 4.42. The zero-order valence-electron chi connectivity index (χ0n) is 10.3. The lowest BCUT2D eigenvalue weighted by Crippen LogP contribution is -2.43. The van der Waals surface area contributed by atoms with Gasteiger partial charge in [-0.2, -0.15) is 0 Å². The first-order valence-electron chi connectivity index (χ1n) is 5.78. The second-order valence-corrected chi connectivity index (χ2v) is 6.72. The van der Waals surface area contributed by atoms with Crippen molar-refractivity contribution in [1.82, 2.24) is 10.2 Å². The van der Waals surface area contributed by atoms with Crippen LogP contribution in [-0.4, -0.2) is 61.6 Å². The summed E-state index contributed by atoms with van der Waals surface area (Å²) in [6.07, 6.45) is 0.421. The third kappa shape index (κ3) is 4.52. The summed E-state index contributed by atoms with van der Waals surface area (Å²) < 4.78 is 22.7. The van der Waals surface area contributed by atoms with E-state index in [9.17, 15) is 18.0 Å². The van der Waals surface area contributed by atoms with Gasteiger partial charge in [0.25, 0.3) is 0 Å². The summed E-state index contributed by atoms with van der Waals surface area (Å²) in [6.45, 7) is 2.08. The maximum absolute atomic E-state index is 11.7. The summed E-state index contributed by atoms with van der Waals surface area (Å²) in [5, 5.41) is 11.2. The third-order valence-electron chi connectivity index (χ3n) is 2.82. The summed E-state index contributed by atoms with van der Waals surface area (Å²) in [7, 11) is -3.05. The Morgan fingerprint density at radius 3 is 2.61 bits per heavy atom. The Morgan fingerprint density at radius 1 is 1.33 bits per heavy atom. The highest BCUT2D eigenvalue weighted by molar-refractivity contribution is 7.91. The predicted molar refractivity (Wildman–Crippen MR) is 65.0 cm³/mol. The van der Waals surface area contributed by atoms with Crippen molar-refractivity contribution < 1.29 is 23.1 Å². The molecule has 2 amide bonds. The molecule has 0 spiro atoms. The maximum Gasteiger partial charge on any atom is 0.317 e. The quantitative estimate of drug-likeness (QED) is 0.727. The first kappa shape index (κ1) is 14.7. The Morgan fingerprint density at radius 2 is 2.00 bits per heavy atom. The number of aliphatic carboxylic acids is 1. The average Bonchev–Trinajstić information content (AvgIpc) is 2.46. The van der Waals surface area contributed by atoms with Gasteiger partial charge in [-0.25, -0.2) is 13.2 Å². The molecule has 1 fully saturated rings. The van der Waals surface area contributed by atoms with Crippen LogP contribution >= 0.6 is 0 Å². The van der Waals surface area contributed by atoms with Crippen molar-refractivity contribution in [1.29, 1.82) is 0 Å². The molecular formula is C10H18N2O5S. The summed E-state index contributed by atoms with van der Waals surface area (Å²) in [6, 6.07) is -0.403. The number of nitrogens with zero attached hydrogens (tertiary/aromatic N) is 1. The first-order valence-corrected chi connectivity index (χ1v) is 7.60. The normalized spacial score (nSPS) is 20.8. The fourth-order valence-electron chi connectivity index (χ4n) is 1.58. The number of carboxylic acids is 1. The minimum Gasteiger partial charge on any atom is -0.481 e. The molecule has 0 bridgehead atoms. The van der Waals surface area contributed by atoms with E-state index in [1.54, 1.807) is 0 Å². The SMILES string of the molecule is CC(CNC(=O)N1CCCS(=O)(=O)CC1)C(=O)O. The number of amides is 2. The number of hydrogen-bond donors (Lipinski definition) is 2. The topological polar surface area (TPSA) is 104 Å². The number of carbonyl (C=O) groups excluding carboxylic acids is 1. The minimum atomic E-state index is -3.05. The van der Waals surface area contributed by atoms with Gasteiger partial charge in [-0.15, -0.1) is 0 Å². The molecule has 2 N–H and O–H groups in total. The fourth-order valence-corrected chi connectivity index (χ4v) is 2.85. The molecule has 0 aromatic heterocycles. The average molecular weight is 278 g/mol. The van der Waals surface area contributed by atoms with E-state index >= 15 is 0 Å². The third-order valence-corrected chi connectivity index (χ3v) is 4.54. The van der Waals surface area contributed by atoms with Crippen LogP contribution in [0, 0.1) is 5.92 Å². The lowest BCUT2D eigenvalue weighted by atomic mass is 10.2. The Hall–Kier alpha value is -1.31. The number of rotatable bonds is 3. The van der Waals surface area contributed by atoms with E-state index in [0.717, 1.165) is 0 Å². The number of carboxylic acid groups (broad SMARTS) is 1. The summed E-state index contributed by atoms with van der Waals surface area (Å²) in [4.78, 5) is 23.7. The van der Waals surface area contributed by atoms with Gasteiger partial charge in [0.1, 0.15) is 0 Å². The molecule has 1 aliphatic heterocycles. The van der Waals surface area contributed by atoms with Crippen LogP contribution in [0.2, 0.25) is 0 Å². The molecule has 8 heteroatoms. The second kappa shape index (κ2) is 6.03. The molecule has 7 nitrogen and oxygen atoms in total. The van der Waals surface area contributed by atoms with E-state index in [0.29, 0.717) is 13.0 Å². The van der Waals surface area contributed by atoms with Gasteiger partial charge < -0.3 is 15.3 Å². The van der Waals surface area contributed by atoms with Gasteiger partial charge in [-0.3, -0.25) is 4.79 Å². The standard InChI is InChI=1S/C10H18N2O5S/c1-8(9(13)14)7-11-10(15)12-3-2-5-18(16,17)6-4-12/h8H,2-7H2,1H3,(H,11,15)(H,13,14). The number of nitrogens with one attached hydrogen (secondary N) is 1. The molecule has 0 aromatic rings. The van der Waals surface area contributed by atoms with Gasteiger partial charge >= 0.3 is 12.0 Å². The van der Waals surface area contributed by atoms with Crippen molar-refractivity contribution in [3.8, 4) is 0 Å². The predicted octanol–water partition coefficient (Wildman–Crippen LogP) is -0.463. The van der Waals surface area contributed by atoms with Gasteiger partial charge in [0, 0.05) is 19.6 Å². The van der Waals surface area contributed by atoms with Gasteiger partial charge in [0.15, 0.2) is 9.84 Å². The van der Waals surface area contributed by atoms with Crippen LogP contribution in [0.1, 0.15) is 13.3 Å². The molecule has 0 aromatic carbocycles. The maximum atomic E-state index is 11.7. The molecule has 1 aliphatic rings. The molecule has 0 saturated carbocycles. The summed E-state index contributed by atoms with van der Waals surface area (Å²) in [5.41, 5.74) is 0. The zero-order valence-corrected chi connectivity index (χ0v) is 11.1. The number of carbonyl (C=O) groups is 2. The fraction of sp³-hybridized carbons (Fsp3) is 0.800. The van der Waals surface area contributed by atoms with Gasteiger partial charge in [0.2, 0.25) is 0 Å². The van der Waals surface area contributed by atoms with E-state index in [1.807, 2.05) is 0 Å². The lowest BCUT2D eigenvalue weighted by molar-refractivity contribution is -0.140. The summed E-state index contributed by atoms with van der Waals surface area (Å²) >= 11 is 0. The first-order chi connectivity index (χ1) is 8.32. The van der Waals surface area contributed by atoms with Gasteiger partial charge in [-0.05, 0) is 6.42 Å². The van der Waals surface area contributed by atoms with E-state index in [2.05, 4.69) is 5.32 Å². The molecule has 18 heavy (non-hydrogen) atoms. The molecule has 1 unspecified atom stereocenters. The van der Waals surface area contributed by atoms with Crippen LogP contribution in [0.25, 0.3) is 0 Å². The van der Waals surface area contributed by atoms with E-state index in [4.69, 9.17) is 5.11 Å². The smallest absolute Gasteiger partial charge is 0.317 e. The Bertz CT molecular complexity index is 420. The van der Waals surface area contributed by atoms with Crippen molar-refractivity contribution >= 4 is 21.8 Å². The lowest BCUT2D eigenvalue weighted by Gasteiger charge is -2.20. The van der Waals surface area contributed by atoms with Crippen LogP contribution in [-0.2, 0) is 14.6 Å². The molecule has 0 aliphatic carbocycles. The number of hydrogen-bond acceptors (Lipinski definition) is 4.